The summed E-state index contributed by atoms with van der Waals surface area (Å²) in [5, 5.41) is 10.6. The summed E-state index contributed by atoms with van der Waals surface area (Å²) in [6.45, 7) is 3.98. The number of nitrogens with zero attached hydrogens (tertiary/aromatic N) is 4. The Labute approximate surface area is 111 Å². The summed E-state index contributed by atoms with van der Waals surface area (Å²) in [5.41, 5.74) is 2.33. The van der Waals surface area contributed by atoms with Crippen molar-refractivity contribution in [2.75, 3.05) is 31.1 Å². The quantitative estimate of drug-likeness (QED) is 0.599. The second-order valence-electron chi connectivity index (χ2n) is 4.88. The fourth-order valence-electron chi connectivity index (χ4n) is 2.65. The fourth-order valence-corrected chi connectivity index (χ4v) is 2.65. The molecule has 1 fully saturated rings. The number of allylic oxidation sites excluding steroid dienone is 1. The van der Waals surface area contributed by atoms with Crippen LogP contribution in [0.25, 0.3) is 0 Å². The second-order valence-corrected chi connectivity index (χ2v) is 4.88. The van der Waals surface area contributed by atoms with Crippen LogP contribution in [0.15, 0.2) is 30.1 Å². The van der Waals surface area contributed by atoms with Gasteiger partial charge in [-0.2, -0.15) is 0 Å². The minimum Gasteiger partial charge on any atom is -0.372 e. The Morgan fingerprint density at radius 1 is 1.21 bits per heavy atom. The average molecular weight is 260 g/mol. The third-order valence-corrected chi connectivity index (χ3v) is 3.70. The van der Waals surface area contributed by atoms with Crippen molar-refractivity contribution in [1.29, 1.82) is 0 Å². The predicted octanol–water partition coefficient (Wildman–Crippen LogP) is 1.79. The number of aromatic nitrogens is 1. The normalized spacial score (nSPS) is 18.8. The maximum absolute atomic E-state index is 10.6. The Morgan fingerprint density at radius 3 is 2.79 bits per heavy atom. The molecule has 3 rings (SSSR count). The molecule has 0 aromatic carbocycles. The molecule has 2 aliphatic rings. The number of fused-ring (bicyclic) bond motifs is 1. The first-order valence-corrected chi connectivity index (χ1v) is 6.53. The molecular weight excluding hydrogens is 244 g/mol. The van der Waals surface area contributed by atoms with Gasteiger partial charge in [0.2, 0.25) is 0 Å². The van der Waals surface area contributed by atoms with Gasteiger partial charge in [-0.3, -0.25) is 0 Å². The zero-order valence-corrected chi connectivity index (χ0v) is 10.7. The summed E-state index contributed by atoms with van der Waals surface area (Å²) in [4.78, 5) is 18.7. The molecule has 0 N–H and O–H groups in total. The highest BCUT2D eigenvalue weighted by Crippen LogP contribution is 2.24. The van der Waals surface area contributed by atoms with E-state index in [1.807, 2.05) is 0 Å². The van der Waals surface area contributed by atoms with Crippen LogP contribution in [0.2, 0.25) is 0 Å². The molecule has 3 heterocycles. The molecule has 2 aliphatic heterocycles. The first kappa shape index (κ1) is 12.0. The molecule has 0 amide bonds. The summed E-state index contributed by atoms with van der Waals surface area (Å²) < 4.78 is 0. The molecule has 1 saturated heterocycles. The van der Waals surface area contributed by atoms with Crippen LogP contribution in [-0.4, -0.2) is 41.0 Å². The lowest BCUT2D eigenvalue weighted by molar-refractivity contribution is -0.389. The number of hydrogen-bond donors (Lipinski definition) is 0. The number of pyridine rings is 1. The summed E-state index contributed by atoms with van der Waals surface area (Å²) in [7, 11) is 0. The van der Waals surface area contributed by atoms with E-state index in [4.69, 9.17) is 0 Å². The Morgan fingerprint density at radius 2 is 2.05 bits per heavy atom. The number of hydrogen-bond acceptors (Lipinski definition) is 5. The van der Waals surface area contributed by atoms with Gasteiger partial charge in [-0.1, -0.05) is 6.08 Å². The lowest BCUT2D eigenvalue weighted by Crippen LogP contribution is -2.46. The molecule has 0 radical (unpaired) electrons. The van der Waals surface area contributed by atoms with E-state index in [2.05, 4.69) is 20.9 Å². The summed E-state index contributed by atoms with van der Waals surface area (Å²) in [6, 6.07) is 3.25. The van der Waals surface area contributed by atoms with E-state index in [9.17, 15) is 10.1 Å². The third kappa shape index (κ3) is 2.38. The van der Waals surface area contributed by atoms with Gasteiger partial charge in [0.15, 0.2) is 6.20 Å². The standard InChI is InChI=1S/C13H16N4O2/c18-17(19)13-5-4-11(9-14-13)16-8-7-15-6-2-1-3-12(15)10-16/h3-5,9H,1-2,6-8,10H2. The zero-order chi connectivity index (χ0) is 13.2. The SMILES string of the molecule is O=[N+]([O-])c1ccc(N2CCN3CCCC=C3C2)cn1. The van der Waals surface area contributed by atoms with Crippen LogP contribution < -0.4 is 4.90 Å². The first-order chi connectivity index (χ1) is 9.24. The molecule has 0 saturated carbocycles. The van der Waals surface area contributed by atoms with Crippen molar-refractivity contribution in [2.24, 2.45) is 0 Å². The van der Waals surface area contributed by atoms with Gasteiger partial charge in [0.25, 0.3) is 0 Å². The smallest absolute Gasteiger partial charge is 0.363 e. The first-order valence-electron chi connectivity index (χ1n) is 6.53. The van der Waals surface area contributed by atoms with Crippen molar-refractivity contribution in [1.82, 2.24) is 9.88 Å². The maximum atomic E-state index is 10.6. The van der Waals surface area contributed by atoms with E-state index >= 15 is 0 Å². The minimum atomic E-state index is -0.467. The van der Waals surface area contributed by atoms with E-state index in [0.717, 1.165) is 38.3 Å². The van der Waals surface area contributed by atoms with Crippen molar-refractivity contribution in [3.8, 4) is 0 Å². The fraction of sp³-hybridized carbons (Fsp3) is 0.462. The highest BCUT2D eigenvalue weighted by Gasteiger charge is 2.23. The lowest BCUT2D eigenvalue weighted by atomic mass is 10.1. The maximum Gasteiger partial charge on any atom is 0.363 e. The van der Waals surface area contributed by atoms with Crippen molar-refractivity contribution < 1.29 is 4.92 Å². The van der Waals surface area contributed by atoms with E-state index in [0.29, 0.717) is 0 Å². The van der Waals surface area contributed by atoms with E-state index in [1.165, 1.54) is 18.2 Å². The molecule has 0 spiro atoms. The minimum absolute atomic E-state index is 0.0979. The highest BCUT2D eigenvalue weighted by atomic mass is 16.6. The zero-order valence-electron chi connectivity index (χ0n) is 10.7. The highest BCUT2D eigenvalue weighted by molar-refractivity contribution is 5.48. The molecule has 6 nitrogen and oxygen atoms in total. The molecular formula is C13H16N4O2. The summed E-state index contributed by atoms with van der Waals surface area (Å²) in [5.74, 6) is -0.0979. The molecule has 0 bridgehead atoms. The Bertz CT molecular complexity index is 512. The molecule has 1 aromatic heterocycles. The Hall–Kier alpha value is -2.11. The van der Waals surface area contributed by atoms with Gasteiger partial charge < -0.3 is 19.9 Å². The van der Waals surface area contributed by atoms with Crippen LogP contribution in [0.5, 0.6) is 0 Å². The molecule has 6 heteroatoms. The molecule has 0 aliphatic carbocycles. The monoisotopic (exact) mass is 260 g/mol. The summed E-state index contributed by atoms with van der Waals surface area (Å²) >= 11 is 0. The van der Waals surface area contributed by atoms with Gasteiger partial charge in [-0.15, -0.1) is 0 Å². The Kier molecular flexibility index (Phi) is 3.06. The summed E-state index contributed by atoms with van der Waals surface area (Å²) in [6.07, 6.45) is 6.28. The molecule has 19 heavy (non-hydrogen) atoms. The van der Waals surface area contributed by atoms with Crippen LogP contribution >= 0.6 is 0 Å². The Balaban J connectivity index is 1.76. The number of anilines is 1. The van der Waals surface area contributed by atoms with Gasteiger partial charge in [-0.05, 0) is 28.8 Å². The van der Waals surface area contributed by atoms with Crippen LogP contribution in [0.1, 0.15) is 12.8 Å². The number of piperazine rings is 1. The molecule has 0 unspecified atom stereocenters. The number of nitro groups is 1. The van der Waals surface area contributed by atoms with Crippen LogP contribution in [0, 0.1) is 10.1 Å². The van der Waals surface area contributed by atoms with Gasteiger partial charge in [-0.25, -0.2) is 0 Å². The average Bonchev–Trinajstić information content (AvgIpc) is 2.47. The largest absolute Gasteiger partial charge is 0.372 e. The van der Waals surface area contributed by atoms with Crippen LogP contribution in [-0.2, 0) is 0 Å². The molecule has 100 valence electrons. The van der Waals surface area contributed by atoms with Gasteiger partial charge in [0.1, 0.15) is 0 Å². The topological polar surface area (TPSA) is 62.5 Å². The van der Waals surface area contributed by atoms with Crippen molar-refractivity contribution in [3.63, 3.8) is 0 Å². The van der Waals surface area contributed by atoms with Crippen LogP contribution in [0.3, 0.4) is 0 Å². The lowest BCUT2D eigenvalue weighted by Gasteiger charge is -2.40. The van der Waals surface area contributed by atoms with Crippen molar-refractivity contribution >= 4 is 11.5 Å². The predicted molar refractivity (Wildman–Crippen MR) is 72.0 cm³/mol. The van der Waals surface area contributed by atoms with E-state index in [-0.39, 0.29) is 5.82 Å². The third-order valence-electron chi connectivity index (χ3n) is 3.70. The molecule has 1 aromatic rings. The van der Waals surface area contributed by atoms with Crippen LogP contribution in [0.4, 0.5) is 11.5 Å². The van der Waals surface area contributed by atoms with Gasteiger partial charge >= 0.3 is 5.82 Å². The second kappa shape index (κ2) is 4.87. The van der Waals surface area contributed by atoms with Gasteiger partial charge in [0.05, 0.1) is 12.2 Å². The number of rotatable bonds is 2. The molecule has 0 atom stereocenters. The van der Waals surface area contributed by atoms with Gasteiger partial charge in [0, 0.05) is 31.4 Å². The van der Waals surface area contributed by atoms with Crippen molar-refractivity contribution in [3.05, 3.63) is 40.2 Å². The van der Waals surface area contributed by atoms with E-state index in [1.54, 1.807) is 12.3 Å². The van der Waals surface area contributed by atoms with Crippen molar-refractivity contribution in [2.45, 2.75) is 12.8 Å². The van der Waals surface area contributed by atoms with E-state index < -0.39 is 4.92 Å².